The molecule has 1 aliphatic carbocycles. The van der Waals surface area contributed by atoms with Crippen LogP contribution < -0.4 is 5.32 Å². The van der Waals surface area contributed by atoms with E-state index in [4.69, 9.17) is 0 Å². The molecular formula is C23H24N2O4. The molecule has 2 aromatic rings. The second-order valence-electron chi connectivity index (χ2n) is 7.86. The van der Waals surface area contributed by atoms with Crippen LogP contribution in [0.5, 0.6) is 0 Å². The van der Waals surface area contributed by atoms with Crippen LogP contribution in [0.1, 0.15) is 51.1 Å². The van der Waals surface area contributed by atoms with E-state index in [9.17, 15) is 19.5 Å². The molecule has 6 heteroatoms. The van der Waals surface area contributed by atoms with Crippen LogP contribution in [0.4, 0.5) is 0 Å². The molecule has 1 unspecified atom stereocenters. The molecule has 0 saturated heterocycles. The molecule has 2 N–H and O–H groups in total. The number of hydrogen-bond donors (Lipinski definition) is 2. The number of fused-ring (bicyclic) bond motifs is 2. The van der Waals surface area contributed by atoms with Crippen molar-refractivity contribution in [1.29, 1.82) is 0 Å². The summed E-state index contributed by atoms with van der Waals surface area (Å²) in [6.07, 6.45) is 2.51. The summed E-state index contributed by atoms with van der Waals surface area (Å²) < 4.78 is 0. The molecule has 0 fully saturated rings. The SMILES string of the molecule is O=C(CCCN1C(=O)c2ccccc2C1=O)NCC1(O)CCc2ccccc2C1. The van der Waals surface area contributed by atoms with Crippen molar-refractivity contribution in [2.45, 2.75) is 37.7 Å². The number of rotatable bonds is 6. The van der Waals surface area contributed by atoms with Crippen LogP contribution in [0.15, 0.2) is 48.5 Å². The number of nitrogens with zero attached hydrogens (tertiary/aromatic N) is 1. The summed E-state index contributed by atoms with van der Waals surface area (Å²) in [6, 6.07) is 14.8. The number of aryl methyl sites for hydroxylation is 1. The lowest BCUT2D eigenvalue weighted by molar-refractivity contribution is -0.122. The molecule has 1 aliphatic heterocycles. The summed E-state index contributed by atoms with van der Waals surface area (Å²) in [6.45, 7) is 0.407. The third-order valence-electron chi connectivity index (χ3n) is 5.78. The zero-order valence-electron chi connectivity index (χ0n) is 16.2. The van der Waals surface area contributed by atoms with Crippen LogP contribution in [0.2, 0.25) is 0 Å². The maximum absolute atomic E-state index is 12.3. The van der Waals surface area contributed by atoms with Crippen molar-refractivity contribution in [3.63, 3.8) is 0 Å². The van der Waals surface area contributed by atoms with Gasteiger partial charge in [-0.15, -0.1) is 0 Å². The normalized spacial score (nSPS) is 20.4. The van der Waals surface area contributed by atoms with Gasteiger partial charge in [-0.3, -0.25) is 19.3 Å². The van der Waals surface area contributed by atoms with Gasteiger partial charge in [-0.25, -0.2) is 0 Å². The molecule has 3 amide bonds. The highest BCUT2D eigenvalue weighted by molar-refractivity contribution is 6.21. The Balaban J connectivity index is 1.24. The first-order valence-electron chi connectivity index (χ1n) is 9.98. The van der Waals surface area contributed by atoms with E-state index in [2.05, 4.69) is 11.4 Å². The van der Waals surface area contributed by atoms with E-state index in [0.717, 1.165) is 12.0 Å². The summed E-state index contributed by atoms with van der Waals surface area (Å²) in [5.41, 5.74) is 2.28. The van der Waals surface area contributed by atoms with E-state index in [1.54, 1.807) is 24.3 Å². The largest absolute Gasteiger partial charge is 0.388 e. The number of aliphatic hydroxyl groups is 1. The summed E-state index contributed by atoms with van der Waals surface area (Å²) in [4.78, 5) is 38.1. The quantitative estimate of drug-likeness (QED) is 0.737. The van der Waals surface area contributed by atoms with Gasteiger partial charge in [0, 0.05) is 25.9 Å². The Hall–Kier alpha value is -2.99. The van der Waals surface area contributed by atoms with Crippen molar-refractivity contribution in [3.8, 4) is 0 Å². The number of amides is 3. The molecule has 0 spiro atoms. The average Bonchev–Trinajstić information content (AvgIpc) is 2.97. The zero-order chi connectivity index (χ0) is 20.4. The Morgan fingerprint density at radius 1 is 1.00 bits per heavy atom. The molecule has 4 rings (SSSR count). The second-order valence-corrected chi connectivity index (χ2v) is 7.86. The molecular weight excluding hydrogens is 368 g/mol. The molecule has 0 aromatic heterocycles. The van der Waals surface area contributed by atoms with Crippen molar-refractivity contribution in [1.82, 2.24) is 10.2 Å². The number of hydrogen-bond acceptors (Lipinski definition) is 4. The van der Waals surface area contributed by atoms with Gasteiger partial charge >= 0.3 is 0 Å². The summed E-state index contributed by atoms with van der Waals surface area (Å²) in [7, 11) is 0. The summed E-state index contributed by atoms with van der Waals surface area (Å²) >= 11 is 0. The minimum Gasteiger partial charge on any atom is -0.388 e. The van der Waals surface area contributed by atoms with E-state index in [1.165, 1.54) is 10.5 Å². The van der Waals surface area contributed by atoms with Gasteiger partial charge in [0.05, 0.1) is 16.7 Å². The lowest BCUT2D eigenvalue weighted by atomic mass is 9.80. The Bertz CT molecular complexity index is 936. The molecule has 150 valence electrons. The third kappa shape index (κ3) is 3.93. The number of carbonyl (C=O) groups is 3. The summed E-state index contributed by atoms with van der Waals surface area (Å²) in [5, 5.41) is 13.6. The predicted octanol–water partition coefficient (Wildman–Crippen LogP) is 2.10. The molecule has 1 atom stereocenters. The molecule has 2 aromatic carbocycles. The summed E-state index contributed by atoms with van der Waals surface area (Å²) in [5.74, 6) is -0.795. The average molecular weight is 392 g/mol. The van der Waals surface area contributed by atoms with Crippen molar-refractivity contribution in [2.24, 2.45) is 0 Å². The number of benzene rings is 2. The fourth-order valence-electron chi connectivity index (χ4n) is 4.13. The van der Waals surface area contributed by atoms with Gasteiger partial charge in [-0.05, 0) is 42.5 Å². The van der Waals surface area contributed by atoms with Crippen molar-refractivity contribution < 1.29 is 19.5 Å². The van der Waals surface area contributed by atoms with Gasteiger partial charge in [0.1, 0.15) is 0 Å². The van der Waals surface area contributed by atoms with Crippen LogP contribution in [-0.2, 0) is 17.6 Å². The monoisotopic (exact) mass is 392 g/mol. The number of imide groups is 1. The molecule has 1 heterocycles. The lowest BCUT2D eigenvalue weighted by Crippen LogP contribution is -2.46. The zero-order valence-corrected chi connectivity index (χ0v) is 16.2. The Morgan fingerprint density at radius 2 is 1.62 bits per heavy atom. The maximum atomic E-state index is 12.3. The predicted molar refractivity (Wildman–Crippen MR) is 107 cm³/mol. The topological polar surface area (TPSA) is 86.7 Å². The fourth-order valence-corrected chi connectivity index (χ4v) is 4.13. The van der Waals surface area contributed by atoms with E-state index in [1.807, 2.05) is 18.2 Å². The van der Waals surface area contributed by atoms with Crippen molar-refractivity contribution in [2.75, 3.05) is 13.1 Å². The van der Waals surface area contributed by atoms with Crippen LogP contribution in [-0.4, -0.2) is 46.4 Å². The highest BCUT2D eigenvalue weighted by Crippen LogP contribution is 2.28. The first-order chi connectivity index (χ1) is 14.0. The Labute approximate surface area is 169 Å². The fraction of sp³-hybridized carbons (Fsp3) is 0.348. The Morgan fingerprint density at radius 3 is 2.31 bits per heavy atom. The van der Waals surface area contributed by atoms with Gasteiger partial charge < -0.3 is 10.4 Å². The molecule has 29 heavy (non-hydrogen) atoms. The van der Waals surface area contributed by atoms with Crippen LogP contribution in [0.25, 0.3) is 0 Å². The van der Waals surface area contributed by atoms with E-state index in [0.29, 0.717) is 30.4 Å². The number of nitrogens with one attached hydrogen (secondary N) is 1. The van der Waals surface area contributed by atoms with Gasteiger partial charge in [-0.2, -0.15) is 0 Å². The molecule has 0 bridgehead atoms. The number of carbonyl (C=O) groups excluding carboxylic acids is 3. The van der Waals surface area contributed by atoms with Gasteiger partial charge in [0.2, 0.25) is 5.91 Å². The Kier molecular flexibility index (Phi) is 5.20. The smallest absolute Gasteiger partial charge is 0.261 e. The highest BCUT2D eigenvalue weighted by Gasteiger charge is 2.35. The molecule has 6 nitrogen and oxygen atoms in total. The van der Waals surface area contributed by atoms with Crippen LogP contribution >= 0.6 is 0 Å². The van der Waals surface area contributed by atoms with E-state index < -0.39 is 5.60 Å². The molecule has 0 saturated carbocycles. The van der Waals surface area contributed by atoms with Crippen LogP contribution in [0, 0.1) is 0 Å². The van der Waals surface area contributed by atoms with E-state index in [-0.39, 0.29) is 37.2 Å². The minimum atomic E-state index is -0.938. The third-order valence-corrected chi connectivity index (χ3v) is 5.78. The molecule has 2 aliphatic rings. The molecule has 0 radical (unpaired) electrons. The maximum Gasteiger partial charge on any atom is 0.261 e. The lowest BCUT2D eigenvalue weighted by Gasteiger charge is -2.33. The van der Waals surface area contributed by atoms with E-state index >= 15 is 0 Å². The van der Waals surface area contributed by atoms with Crippen molar-refractivity contribution in [3.05, 3.63) is 70.8 Å². The van der Waals surface area contributed by atoms with Crippen LogP contribution in [0.3, 0.4) is 0 Å². The van der Waals surface area contributed by atoms with Gasteiger partial charge in [0.25, 0.3) is 11.8 Å². The standard InChI is InChI=1S/C23H24N2O4/c26-20(24-15-23(29)12-11-16-6-1-2-7-17(16)14-23)10-5-13-25-21(27)18-8-3-4-9-19(18)22(25)28/h1-4,6-9,29H,5,10-15H2,(H,24,26). The van der Waals surface area contributed by atoms with Crippen molar-refractivity contribution >= 4 is 17.7 Å². The first kappa shape index (κ1) is 19.3. The minimum absolute atomic E-state index is 0.186. The highest BCUT2D eigenvalue weighted by atomic mass is 16.3. The first-order valence-corrected chi connectivity index (χ1v) is 9.98. The van der Waals surface area contributed by atoms with Gasteiger partial charge in [-0.1, -0.05) is 36.4 Å². The van der Waals surface area contributed by atoms with Gasteiger partial charge in [0.15, 0.2) is 0 Å². The second kappa shape index (κ2) is 7.79.